The fourth-order valence-corrected chi connectivity index (χ4v) is 2.65. The van der Waals surface area contributed by atoms with Gasteiger partial charge in [-0.3, -0.25) is 0 Å². The zero-order valence-corrected chi connectivity index (χ0v) is 12.5. The van der Waals surface area contributed by atoms with Gasteiger partial charge in [0.15, 0.2) is 0 Å². The van der Waals surface area contributed by atoms with Gasteiger partial charge in [0.2, 0.25) is 0 Å². The van der Waals surface area contributed by atoms with Crippen LogP contribution in [-0.2, 0) is 6.42 Å². The van der Waals surface area contributed by atoms with Crippen LogP contribution in [0.2, 0.25) is 0 Å². The molecule has 1 aliphatic carbocycles. The highest BCUT2D eigenvalue weighted by Gasteiger charge is 2.13. The van der Waals surface area contributed by atoms with Crippen molar-refractivity contribution in [3.63, 3.8) is 0 Å². The van der Waals surface area contributed by atoms with Gasteiger partial charge in [-0.15, -0.1) is 0 Å². The summed E-state index contributed by atoms with van der Waals surface area (Å²) in [7, 11) is 0. The maximum Gasteiger partial charge on any atom is 0.127 e. The highest BCUT2D eigenvalue weighted by molar-refractivity contribution is 5.46. The summed E-state index contributed by atoms with van der Waals surface area (Å²) in [5.41, 5.74) is 2.35. The van der Waals surface area contributed by atoms with Gasteiger partial charge >= 0.3 is 0 Å². The van der Waals surface area contributed by atoms with Crippen LogP contribution < -0.4 is 4.74 Å². The van der Waals surface area contributed by atoms with Gasteiger partial charge in [0.25, 0.3) is 0 Å². The molecule has 0 aliphatic heterocycles. The average molecular weight is 292 g/mol. The lowest BCUT2D eigenvalue weighted by Gasteiger charge is -2.17. The summed E-state index contributed by atoms with van der Waals surface area (Å²) >= 11 is 0. The van der Waals surface area contributed by atoms with E-state index in [0.717, 1.165) is 24.2 Å². The topological polar surface area (TPSA) is 29.5 Å². The van der Waals surface area contributed by atoms with Crippen molar-refractivity contribution >= 4 is 0 Å². The molecule has 0 unspecified atom stereocenters. The van der Waals surface area contributed by atoms with Crippen LogP contribution in [-0.4, -0.2) is 11.7 Å². The van der Waals surface area contributed by atoms with Crippen molar-refractivity contribution in [1.29, 1.82) is 0 Å². The first-order chi connectivity index (χ1) is 10.8. The predicted molar refractivity (Wildman–Crippen MR) is 89.4 cm³/mol. The van der Waals surface area contributed by atoms with Gasteiger partial charge in [0.05, 0.1) is 6.61 Å². The van der Waals surface area contributed by atoms with Crippen molar-refractivity contribution in [3.05, 3.63) is 84.0 Å². The second-order valence-electron chi connectivity index (χ2n) is 5.42. The van der Waals surface area contributed by atoms with Gasteiger partial charge in [0, 0.05) is 24.0 Å². The van der Waals surface area contributed by atoms with Crippen molar-refractivity contribution in [2.45, 2.75) is 18.8 Å². The van der Waals surface area contributed by atoms with Crippen LogP contribution in [0.1, 0.15) is 23.5 Å². The lowest BCUT2D eigenvalue weighted by atomic mass is 9.94. The lowest BCUT2D eigenvalue weighted by molar-refractivity contribution is 0.316. The van der Waals surface area contributed by atoms with Crippen LogP contribution in [0.4, 0.5) is 0 Å². The number of ether oxygens (including phenoxy) is 1. The monoisotopic (exact) mass is 292 g/mol. The first-order valence-electron chi connectivity index (χ1n) is 7.66. The predicted octanol–water partition coefficient (Wildman–Crippen LogP) is 4.61. The van der Waals surface area contributed by atoms with E-state index in [1.165, 1.54) is 5.56 Å². The van der Waals surface area contributed by atoms with Crippen LogP contribution in [0.3, 0.4) is 0 Å². The normalized spacial score (nSPS) is 14.2. The summed E-state index contributed by atoms with van der Waals surface area (Å²) in [6.45, 7) is 0.598. The first-order valence-corrected chi connectivity index (χ1v) is 7.66. The Hall–Kier alpha value is -2.48. The lowest BCUT2D eigenvalue weighted by Crippen LogP contribution is -2.05. The van der Waals surface area contributed by atoms with Gasteiger partial charge in [-0.25, -0.2) is 0 Å². The molecule has 2 aromatic rings. The van der Waals surface area contributed by atoms with Gasteiger partial charge in [-0.1, -0.05) is 60.7 Å². The molecule has 0 bridgehead atoms. The number of allylic oxidation sites excluding steroid dienone is 4. The molecule has 1 aliphatic rings. The van der Waals surface area contributed by atoms with E-state index in [4.69, 9.17) is 4.74 Å². The molecule has 0 amide bonds. The minimum atomic E-state index is 0.223. The zero-order valence-electron chi connectivity index (χ0n) is 12.5. The number of aromatic hydroxyl groups is 1. The SMILES string of the molecule is Oc1ccc(C2C=CCC=C2)c(OCCc2ccccc2)c1. The molecule has 0 saturated carbocycles. The molecule has 3 rings (SSSR count). The van der Waals surface area contributed by atoms with Gasteiger partial charge in [-0.2, -0.15) is 0 Å². The van der Waals surface area contributed by atoms with Crippen LogP contribution in [0, 0.1) is 0 Å². The summed E-state index contributed by atoms with van der Waals surface area (Å²) in [5.74, 6) is 1.22. The van der Waals surface area contributed by atoms with Crippen molar-refractivity contribution in [1.82, 2.24) is 0 Å². The summed E-state index contributed by atoms with van der Waals surface area (Å²) in [4.78, 5) is 0. The molecule has 0 atom stereocenters. The maximum absolute atomic E-state index is 9.74. The molecule has 0 saturated heterocycles. The molecule has 1 N–H and O–H groups in total. The van der Waals surface area contributed by atoms with Crippen LogP contribution in [0.25, 0.3) is 0 Å². The molecule has 0 heterocycles. The largest absolute Gasteiger partial charge is 0.508 e. The number of hydrogen-bond acceptors (Lipinski definition) is 2. The molecule has 0 aromatic heterocycles. The smallest absolute Gasteiger partial charge is 0.127 e. The Kier molecular flexibility index (Phi) is 4.59. The summed E-state index contributed by atoms with van der Waals surface area (Å²) in [6, 6.07) is 15.6. The molecule has 2 nitrogen and oxygen atoms in total. The molecule has 2 heteroatoms. The molecule has 0 fully saturated rings. The average Bonchev–Trinajstić information content (AvgIpc) is 2.57. The molecule has 0 radical (unpaired) electrons. The number of rotatable bonds is 5. The van der Waals surface area contributed by atoms with E-state index in [1.54, 1.807) is 12.1 Å². The van der Waals surface area contributed by atoms with E-state index < -0.39 is 0 Å². The summed E-state index contributed by atoms with van der Waals surface area (Å²) < 4.78 is 5.95. The fourth-order valence-electron chi connectivity index (χ4n) is 2.65. The Morgan fingerprint density at radius 1 is 1.00 bits per heavy atom. The first kappa shape index (κ1) is 14.5. The third kappa shape index (κ3) is 3.59. The fraction of sp³-hybridized carbons (Fsp3) is 0.200. The maximum atomic E-state index is 9.74. The van der Waals surface area contributed by atoms with Crippen molar-refractivity contribution in [2.24, 2.45) is 0 Å². The Morgan fingerprint density at radius 3 is 2.55 bits per heavy atom. The zero-order chi connectivity index (χ0) is 15.2. The van der Waals surface area contributed by atoms with Crippen molar-refractivity contribution in [3.8, 4) is 11.5 Å². The molecule has 2 aromatic carbocycles. The number of phenols is 1. The van der Waals surface area contributed by atoms with Gasteiger partial charge in [-0.05, 0) is 18.1 Å². The third-order valence-corrected chi connectivity index (χ3v) is 3.81. The van der Waals surface area contributed by atoms with E-state index in [-0.39, 0.29) is 11.7 Å². The highest BCUT2D eigenvalue weighted by atomic mass is 16.5. The molecule has 112 valence electrons. The van der Waals surface area contributed by atoms with E-state index in [9.17, 15) is 5.11 Å². The van der Waals surface area contributed by atoms with E-state index in [0.29, 0.717) is 6.61 Å². The van der Waals surface area contributed by atoms with Gasteiger partial charge in [0.1, 0.15) is 11.5 Å². The quantitative estimate of drug-likeness (QED) is 0.815. The van der Waals surface area contributed by atoms with E-state index >= 15 is 0 Å². The molecule has 0 spiro atoms. The minimum absolute atomic E-state index is 0.223. The third-order valence-electron chi connectivity index (χ3n) is 3.81. The molecule has 22 heavy (non-hydrogen) atoms. The highest BCUT2D eigenvalue weighted by Crippen LogP contribution is 2.33. The number of phenolic OH excluding ortho intramolecular Hbond substituents is 1. The van der Waals surface area contributed by atoms with E-state index in [1.807, 2.05) is 24.3 Å². The van der Waals surface area contributed by atoms with E-state index in [2.05, 4.69) is 36.4 Å². The Bertz CT molecular complexity index is 659. The Morgan fingerprint density at radius 2 is 1.77 bits per heavy atom. The minimum Gasteiger partial charge on any atom is -0.508 e. The van der Waals surface area contributed by atoms with Gasteiger partial charge < -0.3 is 9.84 Å². The number of hydrogen-bond donors (Lipinski definition) is 1. The summed E-state index contributed by atoms with van der Waals surface area (Å²) in [6.07, 6.45) is 10.5. The standard InChI is InChI=1S/C20H20O2/c21-18-11-12-19(17-9-5-2-6-10-17)20(15-18)22-14-13-16-7-3-1-4-8-16/h1,3-12,15,17,21H,2,13-14H2. The van der Waals surface area contributed by atoms with Crippen molar-refractivity contribution < 1.29 is 9.84 Å². The number of benzene rings is 2. The van der Waals surface area contributed by atoms with Crippen LogP contribution in [0.15, 0.2) is 72.8 Å². The second kappa shape index (κ2) is 6.99. The molecular formula is C20H20O2. The van der Waals surface area contributed by atoms with Crippen LogP contribution in [0.5, 0.6) is 11.5 Å². The second-order valence-corrected chi connectivity index (χ2v) is 5.42. The Balaban J connectivity index is 1.72. The molecular weight excluding hydrogens is 272 g/mol. The Labute approximate surface area is 131 Å². The summed E-state index contributed by atoms with van der Waals surface area (Å²) in [5, 5.41) is 9.74. The van der Waals surface area contributed by atoms with Crippen LogP contribution >= 0.6 is 0 Å². The van der Waals surface area contributed by atoms with Crippen molar-refractivity contribution in [2.75, 3.05) is 6.61 Å².